The smallest absolute Gasteiger partial charge is 0.314 e. The van der Waals surface area contributed by atoms with Gasteiger partial charge in [0.1, 0.15) is 0 Å². The molecule has 0 aliphatic heterocycles. The molecule has 1 rings (SSSR count). The molecule has 0 heterocycles. The Morgan fingerprint density at radius 2 is 2.00 bits per heavy atom. The van der Waals surface area contributed by atoms with Gasteiger partial charge in [0.15, 0.2) is 0 Å². The SMILES string of the molecule is CCCNC(=O)NCC(O)c1ccc(Cl)cc1. The Kier molecular flexibility index (Phi) is 5.80. The summed E-state index contributed by atoms with van der Waals surface area (Å²) in [6.07, 6.45) is 0.160. The van der Waals surface area contributed by atoms with Gasteiger partial charge in [-0.25, -0.2) is 4.79 Å². The van der Waals surface area contributed by atoms with Crippen LogP contribution in [0.2, 0.25) is 5.02 Å². The van der Waals surface area contributed by atoms with E-state index in [4.69, 9.17) is 11.6 Å². The number of rotatable bonds is 5. The summed E-state index contributed by atoms with van der Waals surface area (Å²) in [5, 5.41) is 15.7. The van der Waals surface area contributed by atoms with Crippen molar-refractivity contribution in [3.63, 3.8) is 0 Å². The summed E-state index contributed by atoms with van der Waals surface area (Å²) < 4.78 is 0. The second-order valence-electron chi connectivity index (χ2n) is 3.70. The first-order valence-corrected chi connectivity index (χ1v) is 5.96. The van der Waals surface area contributed by atoms with Gasteiger partial charge in [-0.3, -0.25) is 0 Å². The molecular weight excluding hydrogens is 240 g/mol. The number of benzene rings is 1. The third-order valence-corrected chi connectivity index (χ3v) is 2.50. The number of carbonyl (C=O) groups excluding carboxylic acids is 1. The van der Waals surface area contributed by atoms with Crippen LogP contribution in [0.25, 0.3) is 0 Å². The van der Waals surface area contributed by atoms with Crippen molar-refractivity contribution >= 4 is 17.6 Å². The predicted molar refractivity (Wildman–Crippen MR) is 68.1 cm³/mol. The van der Waals surface area contributed by atoms with Crippen LogP contribution in [0.3, 0.4) is 0 Å². The van der Waals surface area contributed by atoms with Crippen molar-refractivity contribution in [2.75, 3.05) is 13.1 Å². The molecule has 1 unspecified atom stereocenters. The van der Waals surface area contributed by atoms with Crippen molar-refractivity contribution in [2.45, 2.75) is 19.4 Å². The molecule has 4 nitrogen and oxygen atoms in total. The van der Waals surface area contributed by atoms with Gasteiger partial charge in [-0.15, -0.1) is 0 Å². The number of urea groups is 1. The topological polar surface area (TPSA) is 61.4 Å². The molecule has 0 radical (unpaired) electrons. The van der Waals surface area contributed by atoms with E-state index in [-0.39, 0.29) is 12.6 Å². The fraction of sp³-hybridized carbons (Fsp3) is 0.417. The number of halogens is 1. The average molecular weight is 257 g/mol. The second kappa shape index (κ2) is 7.14. The van der Waals surface area contributed by atoms with E-state index in [2.05, 4.69) is 10.6 Å². The lowest BCUT2D eigenvalue weighted by Crippen LogP contribution is -2.38. The monoisotopic (exact) mass is 256 g/mol. The van der Waals surface area contributed by atoms with E-state index in [0.29, 0.717) is 11.6 Å². The second-order valence-corrected chi connectivity index (χ2v) is 4.14. The zero-order valence-electron chi connectivity index (χ0n) is 9.74. The van der Waals surface area contributed by atoms with Crippen LogP contribution in [-0.4, -0.2) is 24.2 Å². The Hall–Kier alpha value is -1.26. The predicted octanol–water partition coefficient (Wildman–Crippen LogP) is 2.08. The summed E-state index contributed by atoms with van der Waals surface area (Å²) in [6, 6.07) is 6.62. The summed E-state index contributed by atoms with van der Waals surface area (Å²) in [6.45, 7) is 2.78. The van der Waals surface area contributed by atoms with Gasteiger partial charge in [-0.2, -0.15) is 0 Å². The molecule has 0 aliphatic carbocycles. The van der Waals surface area contributed by atoms with Crippen LogP contribution < -0.4 is 10.6 Å². The Labute approximate surface area is 106 Å². The van der Waals surface area contributed by atoms with Crippen LogP contribution in [0.15, 0.2) is 24.3 Å². The van der Waals surface area contributed by atoms with E-state index in [1.807, 2.05) is 6.92 Å². The fourth-order valence-electron chi connectivity index (χ4n) is 1.29. The molecule has 0 fully saturated rings. The molecule has 0 aliphatic rings. The minimum Gasteiger partial charge on any atom is -0.387 e. The van der Waals surface area contributed by atoms with Crippen LogP contribution >= 0.6 is 11.6 Å². The minimum atomic E-state index is -0.723. The Morgan fingerprint density at radius 1 is 1.35 bits per heavy atom. The molecule has 0 bridgehead atoms. The highest BCUT2D eigenvalue weighted by Gasteiger charge is 2.08. The minimum absolute atomic E-state index is 0.178. The zero-order valence-corrected chi connectivity index (χ0v) is 10.5. The summed E-state index contributed by atoms with van der Waals surface area (Å²) >= 11 is 5.74. The summed E-state index contributed by atoms with van der Waals surface area (Å²) in [7, 11) is 0. The van der Waals surface area contributed by atoms with Crippen LogP contribution in [-0.2, 0) is 0 Å². The van der Waals surface area contributed by atoms with Crippen LogP contribution in [0.1, 0.15) is 25.0 Å². The standard InChI is InChI=1S/C12H17ClN2O2/c1-2-7-14-12(17)15-8-11(16)9-3-5-10(13)6-4-9/h3-6,11,16H,2,7-8H2,1H3,(H2,14,15,17). The summed E-state index contributed by atoms with van der Waals surface area (Å²) in [4.78, 5) is 11.2. The number of aliphatic hydroxyl groups is 1. The number of nitrogens with one attached hydrogen (secondary N) is 2. The molecule has 0 saturated carbocycles. The highest BCUT2D eigenvalue weighted by Crippen LogP contribution is 2.15. The highest BCUT2D eigenvalue weighted by molar-refractivity contribution is 6.30. The van der Waals surface area contributed by atoms with Gasteiger partial charge in [-0.1, -0.05) is 30.7 Å². The number of hydrogen-bond acceptors (Lipinski definition) is 2. The third kappa shape index (κ3) is 5.06. The van der Waals surface area contributed by atoms with E-state index in [9.17, 15) is 9.90 Å². The first kappa shape index (κ1) is 13.8. The van der Waals surface area contributed by atoms with Gasteiger partial charge in [0.2, 0.25) is 0 Å². The molecular formula is C12H17ClN2O2. The van der Waals surface area contributed by atoms with Gasteiger partial charge < -0.3 is 15.7 Å². The maximum absolute atomic E-state index is 11.2. The quantitative estimate of drug-likeness (QED) is 0.755. The highest BCUT2D eigenvalue weighted by atomic mass is 35.5. The summed E-state index contributed by atoms with van der Waals surface area (Å²) in [5.74, 6) is 0. The summed E-state index contributed by atoms with van der Waals surface area (Å²) in [5.41, 5.74) is 0.727. The molecule has 1 aromatic rings. The Morgan fingerprint density at radius 3 is 2.59 bits per heavy atom. The average Bonchev–Trinajstić information content (AvgIpc) is 2.34. The first-order valence-electron chi connectivity index (χ1n) is 5.58. The number of aliphatic hydroxyl groups excluding tert-OH is 1. The lowest BCUT2D eigenvalue weighted by molar-refractivity contribution is 0.173. The van der Waals surface area contributed by atoms with Crippen molar-refractivity contribution < 1.29 is 9.90 Å². The maximum atomic E-state index is 11.2. The normalized spacial score (nSPS) is 11.9. The van der Waals surface area contributed by atoms with Gasteiger partial charge in [0, 0.05) is 18.1 Å². The van der Waals surface area contributed by atoms with Crippen molar-refractivity contribution in [2.24, 2.45) is 0 Å². The van der Waals surface area contributed by atoms with Crippen molar-refractivity contribution in [1.29, 1.82) is 0 Å². The van der Waals surface area contributed by atoms with Gasteiger partial charge in [-0.05, 0) is 24.1 Å². The zero-order chi connectivity index (χ0) is 12.7. The number of carbonyl (C=O) groups is 1. The van der Waals surface area contributed by atoms with E-state index in [1.165, 1.54) is 0 Å². The molecule has 94 valence electrons. The van der Waals surface area contributed by atoms with Crippen LogP contribution in [0, 0.1) is 0 Å². The molecule has 1 aromatic carbocycles. The van der Waals surface area contributed by atoms with Gasteiger partial charge >= 0.3 is 6.03 Å². The van der Waals surface area contributed by atoms with Gasteiger partial charge in [0.05, 0.1) is 6.10 Å². The van der Waals surface area contributed by atoms with Crippen molar-refractivity contribution in [3.8, 4) is 0 Å². The maximum Gasteiger partial charge on any atom is 0.314 e. The van der Waals surface area contributed by atoms with Crippen LogP contribution in [0.5, 0.6) is 0 Å². The molecule has 17 heavy (non-hydrogen) atoms. The fourth-order valence-corrected chi connectivity index (χ4v) is 1.42. The molecule has 5 heteroatoms. The van der Waals surface area contributed by atoms with Crippen molar-refractivity contribution in [1.82, 2.24) is 10.6 Å². The molecule has 0 spiro atoms. The lowest BCUT2D eigenvalue weighted by Gasteiger charge is -2.12. The largest absolute Gasteiger partial charge is 0.387 e. The number of hydrogen-bond donors (Lipinski definition) is 3. The lowest BCUT2D eigenvalue weighted by atomic mass is 10.1. The molecule has 1 atom stereocenters. The third-order valence-electron chi connectivity index (χ3n) is 2.25. The molecule has 0 aromatic heterocycles. The molecule has 0 saturated heterocycles. The van der Waals surface area contributed by atoms with Gasteiger partial charge in [0.25, 0.3) is 0 Å². The Balaban J connectivity index is 2.36. The van der Waals surface area contributed by atoms with E-state index >= 15 is 0 Å². The molecule has 2 amide bonds. The number of amides is 2. The Bertz CT molecular complexity index is 354. The molecule has 3 N–H and O–H groups in total. The van der Waals surface area contributed by atoms with E-state index in [0.717, 1.165) is 12.0 Å². The first-order chi connectivity index (χ1) is 8.13. The van der Waals surface area contributed by atoms with Crippen molar-refractivity contribution in [3.05, 3.63) is 34.9 Å². The van der Waals surface area contributed by atoms with E-state index < -0.39 is 6.10 Å². The van der Waals surface area contributed by atoms with Crippen LogP contribution in [0.4, 0.5) is 4.79 Å². The van der Waals surface area contributed by atoms with E-state index in [1.54, 1.807) is 24.3 Å².